The summed E-state index contributed by atoms with van der Waals surface area (Å²) in [5.74, 6) is -6.03. The van der Waals surface area contributed by atoms with Crippen LogP contribution in [0.4, 0.5) is 0 Å². The van der Waals surface area contributed by atoms with E-state index >= 15 is 0 Å². The second-order valence-corrected chi connectivity index (χ2v) is 12.2. The van der Waals surface area contributed by atoms with Gasteiger partial charge in [0.25, 0.3) is 5.97 Å². The van der Waals surface area contributed by atoms with Gasteiger partial charge in [-0.3, -0.25) is 14.4 Å². The van der Waals surface area contributed by atoms with Crippen LogP contribution < -0.4 is 9.97 Å². The fraction of sp³-hybridized carbons (Fsp3) is 0.306. The zero-order valence-corrected chi connectivity index (χ0v) is 28.9. The number of carboxylic acids is 3. The van der Waals surface area contributed by atoms with Gasteiger partial charge < -0.3 is 40.6 Å². The molecule has 0 radical (unpaired) electrons. The number of aliphatic carboxylic acids is 3. The van der Waals surface area contributed by atoms with Crippen LogP contribution in [0.25, 0.3) is 50.4 Å². The third-order valence-corrected chi connectivity index (χ3v) is 8.80. The van der Waals surface area contributed by atoms with Gasteiger partial charge in [0.1, 0.15) is 0 Å². The largest absolute Gasteiger partial charge is 2.00 e. The zero-order valence-electron chi connectivity index (χ0n) is 27.8. The maximum Gasteiger partial charge on any atom is 2.00 e. The van der Waals surface area contributed by atoms with Crippen LogP contribution in [0.3, 0.4) is 0 Å². The fourth-order valence-corrected chi connectivity index (χ4v) is 6.08. The van der Waals surface area contributed by atoms with Gasteiger partial charge in [0.15, 0.2) is 0 Å². The quantitative estimate of drug-likeness (QED) is 0.119. The van der Waals surface area contributed by atoms with E-state index in [4.69, 9.17) is 19.9 Å². The summed E-state index contributed by atoms with van der Waals surface area (Å²) in [6.07, 6.45) is 2.20. The Bertz CT molecular complexity index is 2150. The number of aryl methyl sites for hydroxylation is 3. The van der Waals surface area contributed by atoms with E-state index < -0.39 is 23.9 Å². The van der Waals surface area contributed by atoms with Crippen molar-refractivity contribution >= 4 is 68.3 Å². The van der Waals surface area contributed by atoms with Gasteiger partial charge in [0.05, 0.1) is 22.8 Å². The third kappa shape index (κ3) is 8.29. The van der Waals surface area contributed by atoms with Crippen LogP contribution in [0, 0.1) is 13.8 Å². The van der Waals surface area contributed by atoms with Gasteiger partial charge in [-0.05, 0) is 74.8 Å². The van der Waals surface area contributed by atoms with Crippen LogP contribution in [-0.4, -0.2) is 64.5 Å². The van der Waals surface area contributed by atoms with Crippen LogP contribution in [0.5, 0.6) is 0 Å². The van der Waals surface area contributed by atoms with Crippen molar-refractivity contribution in [2.24, 2.45) is 0 Å². The van der Waals surface area contributed by atoms with Gasteiger partial charge >= 0.3 is 35.0 Å². The number of rotatable bonds is 11. The Labute approximate surface area is 297 Å². The van der Waals surface area contributed by atoms with Gasteiger partial charge in [-0.2, -0.15) is 0 Å². The Balaban J connectivity index is 0.00000562. The maximum absolute atomic E-state index is 11.6. The van der Waals surface area contributed by atoms with E-state index in [-0.39, 0.29) is 55.6 Å². The Morgan fingerprint density at radius 1 is 0.640 bits per heavy atom. The monoisotopic (exact) mass is 724 g/mol. The van der Waals surface area contributed by atoms with Crippen molar-refractivity contribution in [3.63, 3.8) is 0 Å². The second kappa shape index (κ2) is 15.0. The normalized spacial score (nSPS) is 13.3. The molecule has 50 heavy (non-hydrogen) atoms. The van der Waals surface area contributed by atoms with E-state index in [1.807, 2.05) is 20.8 Å². The van der Waals surface area contributed by atoms with Crippen molar-refractivity contribution in [2.75, 3.05) is 0 Å². The molecule has 0 aliphatic carbocycles. The Hall–Kier alpha value is -4.85. The SMILES string of the molecule is CC1=C(CCC(=O)O)c2cc3[n-]c(cc4nc(cc5[n-]c(cc1n2)c(C)c5/C=C/C(O)(O)O)C(CCC(=O)O)=C4C)c(CCC(=O)O)c3C.[Fe+2]. The minimum Gasteiger partial charge on any atom is -0.657 e. The number of aliphatic hydroxyl groups is 3. The number of hydrogen-bond acceptors (Lipinski definition) is 8. The molecule has 5 rings (SSSR count). The summed E-state index contributed by atoms with van der Waals surface area (Å²) in [7, 11) is 0. The molecule has 0 unspecified atom stereocenters. The summed E-state index contributed by atoms with van der Waals surface area (Å²) in [6, 6.07) is 6.90. The first-order chi connectivity index (χ1) is 23.0. The predicted molar refractivity (Wildman–Crippen MR) is 182 cm³/mol. The molecule has 14 heteroatoms. The third-order valence-electron chi connectivity index (χ3n) is 8.80. The van der Waals surface area contributed by atoms with Crippen LogP contribution in [0.15, 0.2) is 30.3 Å². The molecule has 5 heterocycles. The molecule has 2 aliphatic heterocycles. The average Bonchev–Trinajstić information content (AvgIpc) is 3.66. The van der Waals surface area contributed by atoms with Gasteiger partial charge in [-0.1, -0.05) is 47.0 Å². The Morgan fingerprint density at radius 2 is 1.06 bits per heavy atom. The molecule has 0 amide bonds. The molecule has 6 N–H and O–H groups in total. The van der Waals surface area contributed by atoms with Crippen molar-refractivity contribution in [3.8, 4) is 0 Å². The van der Waals surface area contributed by atoms with Crippen LogP contribution in [0.1, 0.15) is 91.0 Å². The molecule has 8 bridgehead atoms. The molecule has 0 fully saturated rings. The minimum absolute atomic E-state index is 0. The minimum atomic E-state index is -3.10. The molecule has 3 aromatic rings. The Kier molecular flexibility index (Phi) is 11.4. The first-order valence-corrected chi connectivity index (χ1v) is 15.6. The molecule has 0 saturated carbocycles. The van der Waals surface area contributed by atoms with E-state index in [0.29, 0.717) is 78.3 Å². The van der Waals surface area contributed by atoms with Gasteiger partial charge in [0.2, 0.25) is 0 Å². The summed E-state index contributed by atoms with van der Waals surface area (Å²) in [6.45, 7) is 7.26. The average molecular weight is 725 g/mol. The summed E-state index contributed by atoms with van der Waals surface area (Å²) in [5, 5.41) is 57.3. The van der Waals surface area contributed by atoms with Crippen molar-refractivity contribution in [1.29, 1.82) is 0 Å². The number of carbonyl (C=O) groups is 3. The smallest absolute Gasteiger partial charge is 0.657 e. The molecular formula is C36H36FeN4O9. The number of aromatic nitrogens is 4. The van der Waals surface area contributed by atoms with Gasteiger partial charge in [-0.15, -0.1) is 22.1 Å². The van der Waals surface area contributed by atoms with E-state index in [9.17, 15) is 45.0 Å². The number of allylic oxidation sites excluding steroid dienone is 4. The molecule has 0 atom stereocenters. The second-order valence-electron chi connectivity index (χ2n) is 12.2. The summed E-state index contributed by atoms with van der Waals surface area (Å²) < 4.78 is 0. The van der Waals surface area contributed by atoms with Crippen molar-refractivity contribution < 1.29 is 62.1 Å². The topological polar surface area (TPSA) is 227 Å². The molecule has 262 valence electrons. The number of carboxylic acid groups (broad SMARTS) is 3. The molecule has 0 spiro atoms. The zero-order chi connectivity index (χ0) is 35.8. The maximum atomic E-state index is 11.6. The molecule has 3 aromatic heterocycles. The molecule has 13 nitrogen and oxygen atoms in total. The molecule has 0 saturated heterocycles. The van der Waals surface area contributed by atoms with Gasteiger partial charge in [-0.25, -0.2) is 9.97 Å². The fourth-order valence-electron chi connectivity index (χ4n) is 6.08. The molecule has 2 aliphatic rings. The first kappa shape index (κ1) is 38.0. The van der Waals surface area contributed by atoms with Crippen molar-refractivity contribution in [3.05, 3.63) is 75.4 Å². The van der Waals surface area contributed by atoms with Crippen LogP contribution >= 0.6 is 0 Å². The number of nitrogens with zero attached hydrogens (tertiary/aromatic N) is 4. The summed E-state index contributed by atoms with van der Waals surface area (Å²) in [4.78, 5) is 54.2. The summed E-state index contributed by atoms with van der Waals surface area (Å²) >= 11 is 0. The standard InChI is InChI=1S/C36H38N4O9.Fe/c1-17-21(5-8-33(41)42)29-14-27-18(2)22(6-9-34(43)44)30(39-27)15-28-19(3)23(7-10-35(45)46)31(40-28)16-32-24(11-12-36(47,48)49)20(4)26(38-32)13-25(17)37-29;/h11-16,47-49H,5-10H2,1-4H3,(H5,37,38,39,40,41,42,43,44,45,46);/q;+2/p-2/b12-11+,25-13?,26-13?,27-14?,28-15?,29-14?,30-15?,31-16?,32-16?;. The number of hydrogen-bond donors (Lipinski definition) is 6. The number of fused-ring (bicyclic) bond motifs is 8. The molecular weight excluding hydrogens is 688 g/mol. The summed E-state index contributed by atoms with van der Waals surface area (Å²) in [5.41, 5.74) is 9.11. The Morgan fingerprint density at radius 3 is 1.56 bits per heavy atom. The first-order valence-electron chi connectivity index (χ1n) is 15.6. The van der Waals surface area contributed by atoms with Gasteiger partial charge in [0, 0.05) is 25.3 Å². The van der Waals surface area contributed by atoms with Crippen molar-refractivity contribution in [1.82, 2.24) is 19.9 Å². The van der Waals surface area contributed by atoms with Crippen LogP contribution in [0.2, 0.25) is 0 Å². The van der Waals surface area contributed by atoms with E-state index in [0.717, 1.165) is 17.2 Å². The van der Waals surface area contributed by atoms with Crippen LogP contribution in [-0.2, 0) is 37.9 Å². The molecule has 0 aromatic carbocycles. The predicted octanol–water partition coefficient (Wildman–Crippen LogP) is 4.44. The van der Waals surface area contributed by atoms with Crippen molar-refractivity contribution in [2.45, 2.75) is 72.2 Å². The van der Waals surface area contributed by atoms with E-state index in [1.54, 1.807) is 31.2 Å². The van der Waals surface area contributed by atoms with E-state index in [1.165, 1.54) is 6.08 Å². The van der Waals surface area contributed by atoms with E-state index in [2.05, 4.69) is 0 Å².